The van der Waals surface area contributed by atoms with Gasteiger partial charge >= 0.3 is 0 Å². The minimum absolute atomic E-state index is 0.153. The number of fused-ring (bicyclic) bond motifs is 1. The van der Waals surface area contributed by atoms with Gasteiger partial charge in [-0.2, -0.15) is 15.0 Å². The predicted octanol–water partition coefficient (Wildman–Crippen LogP) is 5.02. The van der Waals surface area contributed by atoms with Gasteiger partial charge in [0, 0.05) is 47.3 Å². The monoisotopic (exact) mass is 614 g/mol. The van der Waals surface area contributed by atoms with E-state index >= 15 is 0 Å². The molecule has 228 valence electrons. The molecule has 0 saturated carbocycles. The van der Waals surface area contributed by atoms with E-state index in [-0.39, 0.29) is 18.4 Å². The van der Waals surface area contributed by atoms with Gasteiger partial charge in [0.05, 0.1) is 35.6 Å². The summed E-state index contributed by atoms with van der Waals surface area (Å²) in [5.41, 5.74) is 3.44. The van der Waals surface area contributed by atoms with Crippen LogP contribution in [0.25, 0.3) is 39.1 Å². The van der Waals surface area contributed by atoms with Crippen LogP contribution in [0.1, 0.15) is 48.4 Å². The Bertz CT molecular complexity index is 1960. The van der Waals surface area contributed by atoms with Gasteiger partial charge in [-0.15, -0.1) is 0 Å². The minimum Gasteiger partial charge on any atom is -0.455 e. The molecular weight excluding hydrogens is 580 g/mol. The second kappa shape index (κ2) is 11.6. The van der Waals surface area contributed by atoms with Crippen molar-refractivity contribution in [2.24, 2.45) is 0 Å². The maximum Gasteiger partial charge on any atom is 0.255 e. The third-order valence-electron chi connectivity index (χ3n) is 6.92. The van der Waals surface area contributed by atoms with Gasteiger partial charge in [-0.1, -0.05) is 12.1 Å². The van der Waals surface area contributed by atoms with E-state index in [0.717, 1.165) is 11.9 Å². The Morgan fingerprint density at radius 1 is 0.955 bits per heavy atom. The zero-order valence-corrected chi connectivity index (χ0v) is 26.2. The average molecular weight is 615 g/mol. The second-order valence-corrected chi connectivity index (χ2v) is 13.2. The van der Waals surface area contributed by atoms with Gasteiger partial charge in [-0.25, -0.2) is 8.42 Å². The molecule has 5 aromatic rings. The minimum atomic E-state index is -3.70. The Labute approximate surface area is 255 Å². The van der Waals surface area contributed by atoms with Gasteiger partial charge in [-0.05, 0) is 75.7 Å². The van der Waals surface area contributed by atoms with E-state index in [4.69, 9.17) is 4.42 Å². The first-order valence-electron chi connectivity index (χ1n) is 14.0. The maximum atomic E-state index is 13.3. The van der Waals surface area contributed by atoms with Crippen LogP contribution in [0.2, 0.25) is 0 Å². The van der Waals surface area contributed by atoms with E-state index in [2.05, 4.69) is 20.8 Å². The highest BCUT2D eigenvalue weighted by Crippen LogP contribution is 2.42. The van der Waals surface area contributed by atoms with E-state index in [1.807, 2.05) is 32.9 Å². The summed E-state index contributed by atoms with van der Waals surface area (Å²) in [6.07, 6.45) is 4.29. The van der Waals surface area contributed by atoms with Crippen LogP contribution in [0.3, 0.4) is 0 Å². The summed E-state index contributed by atoms with van der Waals surface area (Å²) in [6.45, 7) is 7.57. The fourth-order valence-corrected chi connectivity index (χ4v) is 6.02. The first kappa shape index (κ1) is 30.5. The lowest BCUT2D eigenvalue weighted by Crippen LogP contribution is -2.40. The molecule has 2 amide bonds. The zero-order valence-electron chi connectivity index (χ0n) is 25.4. The Morgan fingerprint density at radius 2 is 1.64 bits per heavy atom. The number of carbonyl (C=O) groups excluding carboxylic acids is 2. The first-order valence-corrected chi connectivity index (χ1v) is 15.9. The van der Waals surface area contributed by atoms with Crippen molar-refractivity contribution in [1.82, 2.24) is 25.6 Å². The molecule has 0 atom stereocenters. The summed E-state index contributed by atoms with van der Waals surface area (Å²) < 4.78 is 33.5. The number of carbonyl (C=O) groups is 2. The largest absolute Gasteiger partial charge is 0.455 e. The summed E-state index contributed by atoms with van der Waals surface area (Å²) in [7, 11) is -2.17. The number of hydrogen-bond donors (Lipinski definition) is 2. The summed E-state index contributed by atoms with van der Waals surface area (Å²) in [5.74, 6) is -0.310. The van der Waals surface area contributed by atoms with E-state index in [0.29, 0.717) is 50.2 Å². The topological polar surface area (TPSA) is 139 Å². The molecule has 3 aromatic carbocycles. The van der Waals surface area contributed by atoms with Crippen LogP contribution in [0.5, 0.6) is 0 Å². The summed E-state index contributed by atoms with van der Waals surface area (Å²) >= 11 is 0. The number of nitrogens with zero attached hydrogens (tertiary/aromatic N) is 4. The SMILES string of the molecule is CCN(c1cc2oc(-c3ccc(-n4nccn4)cc3)c(C(=O)NC)c2cc1-c1cccc(C(=O)NC(C)(C)C)c1)S(C)(=O)=O. The van der Waals surface area contributed by atoms with Crippen molar-refractivity contribution in [2.45, 2.75) is 33.2 Å². The molecule has 0 saturated heterocycles. The fourth-order valence-electron chi connectivity index (χ4n) is 5.04. The van der Waals surface area contributed by atoms with Gasteiger partial charge in [0.15, 0.2) is 0 Å². The smallest absolute Gasteiger partial charge is 0.255 e. The number of amides is 2. The molecule has 0 aliphatic heterocycles. The molecule has 0 fully saturated rings. The fraction of sp³-hybridized carbons (Fsp3) is 0.250. The highest BCUT2D eigenvalue weighted by molar-refractivity contribution is 7.92. The Balaban J connectivity index is 1.74. The Morgan fingerprint density at radius 3 is 2.23 bits per heavy atom. The number of sulfonamides is 1. The number of benzene rings is 3. The third kappa shape index (κ3) is 6.06. The van der Waals surface area contributed by atoms with Gasteiger partial charge in [-0.3, -0.25) is 13.9 Å². The highest BCUT2D eigenvalue weighted by atomic mass is 32.2. The van der Waals surface area contributed by atoms with E-state index in [1.54, 1.807) is 67.8 Å². The van der Waals surface area contributed by atoms with Crippen molar-refractivity contribution in [3.63, 3.8) is 0 Å². The van der Waals surface area contributed by atoms with E-state index in [9.17, 15) is 18.0 Å². The maximum absolute atomic E-state index is 13.3. The standard InChI is InChI=1S/C32H34N6O5S/c1-7-37(44(6,41)42)26-19-27-25(18-24(26)21-9-8-10-22(17-21)30(39)36-32(2,3)4)28(31(40)33-5)29(43-27)20-11-13-23(14-12-20)38-34-15-16-35-38/h8-19H,7H2,1-6H3,(H,33,40)(H,36,39). The lowest BCUT2D eigenvalue weighted by molar-refractivity contribution is 0.0918. The molecule has 0 radical (unpaired) electrons. The van der Waals surface area contributed by atoms with Gasteiger partial charge in [0.25, 0.3) is 11.8 Å². The van der Waals surface area contributed by atoms with E-state index in [1.165, 1.54) is 16.1 Å². The second-order valence-electron chi connectivity index (χ2n) is 11.3. The normalized spacial score (nSPS) is 11.9. The molecule has 5 rings (SSSR count). The van der Waals surface area contributed by atoms with Crippen LogP contribution in [0.4, 0.5) is 5.69 Å². The van der Waals surface area contributed by atoms with Crippen LogP contribution in [0.15, 0.2) is 77.5 Å². The van der Waals surface area contributed by atoms with Crippen LogP contribution < -0.4 is 14.9 Å². The molecule has 2 heterocycles. The van der Waals surface area contributed by atoms with Crippen LogP contribution >= 0.6 is 0 Å². The summed E-state index contributed by atoms with van der Waals surface area (Å²) in [6, 6.07) is 17.6. The van der Waals surface area contributed by atoms with Crippen molar-refractivity contribution in [2.75, 3.05) is 24.2 Å². The molecule has 0 spiro atoms. The van der Waals surface area contributed by atoms with E-state index < -0.39 is 15.6 Å². The van der Waals surface area contributed by atoms with Crippen molar-refractivity contribution in [3.8, 4) is 28.1 Å². The van der Waals surface area contributed by atoms with Crippen molar-refractivity contribution in [3.05, 3.63) is 84.2 Å². The first-order chi connectivity index (χ1) is 20.8. The number of furan rings is 1. The molecule has 0 unspecified atom stereocenters. The summed E-state index contributed by atoms with van der Waals surface area (Å²) in [5, 5.41) is 14.4. The Kier molecular flexibility index (Phi) is 8.04. The van der Waals surface area contributed by atoms with Gasteiger partial charge in [0.2, 0.25) is 10.0 Å². The van der Waals surface area contributed by atoms with Crippen molar-refractivity contribution in [1.29, 1.82) is 0 Å². The lowest BCUT2D eigenvalue weighted by Gasteiger charge is -2.24. The van der Waals surface area contributed by atoms with Gasteiger partial charge < -0.3 is 15.1 Å². The number of rotatable bonds is 8. The predicted molar refractivity (Wildman–Crippen MR) is 170 cm³/mol. The quantitative estimate of drug-likeness (QED) is 0.250. The van der Waals surface area contributed by atoms with Crippen LogP contribution in [0, 0.1) is 0 Å². The van der Waals surface area contributed by atoms with Crippen LogP contribution in [-0.4, -0.2) is 60.6 Å². The molecule has 11 nitrogen and oxygen atoms in total. The average Bonchev–Trinajstić information content (AvgIpc) is 3.64. The number of anilines is 1. The third-order valence-corrected chi connectivity index (χ3v) is 8.18. The van der Waals surface area contributed by atoms with Crippen molar-refractivity contribution < 1.29 is 22.4 Å². The zero-order chi connectivity index (χ0) is 31.8. The lowest BCUT2D eigenvalue weighted by atomic mass is 9.97. The molecule has 2 aromatic heterocycles. The highest BCUT2D eigenvalue weighted by Gasteiger charge is 2.27. The molecule has 0 bridgehead atoms. The molecular formula is C32H34N6O5S. The molecule has 0 aliphatic carbocycles. The number of hydrogen-bond acceptors (Lipinski definition) is 7. The molecule has 2 N–H and O–H groups in total. The van der Waals surface area contributed by atoms with Crippen molar-refractivity contribution >= 4 is 38.5 Å². The van der Waals surface area contributed by atoms with Gasteiger partial charge in [0.1, 0.15) is 11.3 Å². The molecule has 0 aliphatic rings. The summed E-state index contributed by atoms with van der Waals surface area (Å²) in [4.78, 5) is 27.9. The molecule has 12 heteroatoms. The number of nitrogens with one attached hydrogen (secondary N) is 2. The Hall–Kier alpha value is -4.97. The van der Waals surface area contributed by atoms with Crippen LogP contribution in [-0.2, 0) is 10.0 Å². The molecule has 44 heavy (non-hydrogen) atoms. The number of aromatic nitrogens is 3.